The van der Waals surface area contributed by atoms with Crippen LogP contribution in [0.15, 0.2) is 36.7 Å². The number of alkyl halides is 2. The lowest BCUT2D eigenvalue weighted by molar-refractivity contribution is -0.119. The second kappa shape index (κ2) is 10.6. The highest BCUT2D eigenvalue weighted by Crippen LogP contribution is 2.49. The molecule has 6 rings (SSSR count). The van der Waals surface area contributed by atoms with E-state index in [4.69, 9.17) is 9.72 Å². The van der Waals surface area contributed by atoms with Crippen molar-refractivity contribution in [3.63, 3.8) is 0 Å². The Balaban J connectivity index is 1.46. The number of hydrogen-bond donors (Lipinski definition) is 2. The fraction of sp³-hybridized carbons (Fsp3) is 0.429. The van der Waals surface area contributed by atoms with E-state index in [1.165, 1.54) is 13.1 Å². The summed E-state index contributed by atoms with van der Waals surface area (Å²) in [6.45, 7) is 2.39. The van der Waals surface area contributed by atoms with E-state index in [1.54, 1.807) is 30.1 Å². The van der Waals surface area contributed by atoms with E-state index in [2.05, 4.69) is 20.7 Å². The minimum atomic E-state index is -3.67. The van der Waals surface area contributed by atoms with Gasteiger partial charge in [-0.25, -0.2) is 27.2 Å². The van der Waals surface area contributed by atoms with Gasteiger partial charge < -0.3 is 15.4 Å². The van der Waals surface area contributed by atoms with E-state index in [1.807, 2.05) is 23.8 Å². The number of nitrogens with zero attached hydrogens (tertiary/aromatic N) is 6. The Morgan fingerprint density at radius 3 is 2.56 bits per heavy atom. The molecule has 1 amide bonds. The van der Waals surface area contributed by atoms with Gasteiger partial charge in [0.05, 0.1) is 29.5 Å². The highest BCUT2D eigenvalue weighted by Gasteiger charge is 2.61. The van der Waals surface area contributed by atoms with Crippen molar-refractivity contribution in [2.24, 2.45) is 13.0 Å². The van der Waals surface area contributed by atoms with Crippen molar-refractivity contribution in [2.75, 3.05) is 34.8 Å². The van der Waals surface area contributed by atoms with Gasteiger partial charge in [0.25, 0.3) is 5.92 Å². The number of benzene rings is 1. The molecule has 15 heteroatoms. The Morgan fingerprint density at radius 1 is 1.16 bits per heavy atom. The number of fused-ring (bicyclic) bond motifs is 1. The van der Waals surface area contributed by atoms with Crippen molar-refractivity contribution in [1.82, 2.24) is 24.3 Å². The third-order valence-corrected chi connectivity index (χ3v) is 9.00. The fourth-order valence-corrected chi connectivity index (χ4v) is 5.79. The zero-order valence-electron chi connectivity index (χ0n) is 24.1. The summed E-state index contributed by atoms with van der Waals surface area (Å²) < 4.78 is 63.3. The molecular weight excluding hydrogens is 582 g/mol. The summed E-state index contributed by atoms with van der Waals surface area (Å²) in [7, 11) is -0.426. The molecular formula is C28H32F2N8O4S. The van der Waals surface area contributed by atoms with Crippen molar-refractivity contribution in [1.29, 1.82) is 0 Å². The van der Waals surface area contributed by atoms with E-state index in [-0.39, 0.29) is 12.0 Å². The Labute approximate surface area is 247 Å². The first-order valence-electron chi connectivity index (χ1n) is 13.9. The summed E-state index contributed by atoms with van der Waals surface area (Å²) in [5.74, 6) is -4.59. The first-order valence-corrected chi connectivity index (χ1v) is 15.7. The molecule has 1 aliphatic heterocycles. The molecule has 1 saturated carbocycles. The van der Waals surface area contributed by atoms with Crippen LogP contribution in [0.25, 0.3) is 22.3 Å². The first kappa shape index (κ1) is 29.0. The number of aryl methyl sites for hydroxylation is 2. The van der Waals surface area contributed by atoms with Crippen LogP contribution >= 0.6 is 0 Å². The van der Waals surface area contributed by atoms with Crippen molar-refractivity contribution in [3.05, 3.63) is 42.5 Å². The Hall–Kier alpha value is -4.11. The lowest BCUT2D eigenvalue weighted by Gasteiger charge is -2.25. The van der Waals surface area contributed by atoms with Crippen LogP contribution < -0.4 is 14.9 Å². The average molecular weight is 615 g/mol. The van der Waals surface area contributed by atoms with E-state index < -0.39 is 34.2 Å². The van der Waals surface area contributed by atoms with Gasteiger partial charge in [-0.1, -0.05) is 6.07 Å². The molecule has 0 spiro atoms. The maximum atomic E-state index is 13.7. The van der Waals surface area contributed by atoms with Gasteiger partial charge in [-0.2, -0.15) is 5.10 Å². The van der Waals surface area contributed by atoms with Gasteiger partial charge in [-0.15, -0.1) is 0 Å². The molecule has 4 heterocycles. The van der Waals surface area contributed by atoms with Crippen LogP contribution in [0.4, 0.5) is 31.7 Å². The molecule has 2 fully saturated rings. The molecule has 1 saturated heterocycles. The summed E-state index contributed by atoms with van der Waals surface area (Å²) in [5.41, 5.74) is 3.58. The molecule has 1 aromatic carbocycles. The van der Waals surface area contributed by atoms with Crippen molar-refractivity contribution in [3.8, 4) is 11.1 Å². The monoisotopic (exact) mass is 614 g/mol. The Bertz CT molecular complexity index is 1830. The number of hydrogen-bond acceptors (Lipinski definition) is 8. The fourth-order valence-electron chi connectivity index (χ4n) is 5.29. The quantitative estimate of drug-likeness (QED) is 0.295. The number of imidazole rings is 1. The standard InChI is InChI=1S/C28H32F2N8O4S/c1-16-32-25-21(33-20-9-8-17(18-14-31-36(2)15-18)11-22(20)37(3)43(4,40)41)12-23(35-27(39)19-13-28(19,29)30)34-26(25)38(16)24-7-5-6-10-42-24/h8-9,11-12,14-15,19,24H,5-7,10,13H2,1-4H3,(H2,33,34,35,39). The number of rotatable bonds is 8. The number of pyridine rings is 1. The molecule has 12 nitrogen and oxygen atoms in total. The molecule has 2 aliphatic rings. The lowest BCUT2D eigenvalue weighted by Crippen LogP contribution is -2.25. The van der Waals surface area contributed by atoms with E-state index in [0.29, 0.717) is 40.7 Å². The molecule has 1 aliphatic carbocycles. The summed E-state index contributed by atoms with van der Waals surface area (Å²) >= 11 is 0. The van der Waals surface area contributed by atoms with Gasteiger partial charge in [-0.3, -0.25) is 18.3 Å². The van der Waals surface area contributed by atoms with Gasteiger partial charge in [0.1, 0.15) is 29.3 Å². The minimum absolute atomic E-state index is 0.0599. The third-order valence-electron chi connectivity index (χ3n) is 7.80. The predicted molar refractivity (Wildman–Crippen MR) is 158 cm³/mol. The maximum Gasteiger partial charge on any atom is 0.260 e. The summed E-state index contributed by atoms with van der Waals surface area (Å²) in [5, 5.41) is 10.0. The van der Waals surface area contributed by atoms with Crippen LogP contribution in [-0.2, 0) is 26.6 Å². The normalized spacial score (nSPS) is 19.8. The van der Waals surface area contributed by atoms with Crippen LogP contribution in [-0.4, -0.2) is 64.5 Å². The van der Waals surface area contributed by atoms with Gasteiger partial charge in [-0.05, 0) is 43.9 Å². The smallest absolute Gasteiger partial charge is 0.260 e. The number of halogens is 2. The zero-order valence-corrected chi connectivity index (χ0v) is 25.0. The second-order valence-electron chi connectivity index (χ2n) is 11.1. The van der Waals surface area contributed by atoms with Gasteiger partial charge in [0, 0.05) is 44.9 Å². The molecule has 43 heavy (non-hydrogen) atoms. The number of carbonyl (C=O) groups excluding carboxylic acids is 1. The lowest BCUT2D eigenvalue weighted by atomic mass is 10.1. The summed E-state index contributed by atoms with van der Waals surface area (Å²) in [4.78, 5) is 22.0. The molecule has 0 bridgehead atoms. The van der Waals surface area contributed by atoms with E-state index in [9.17, 15) is 22.0 Å². The molecule has 2 atom stereocenters. The number of anilines is 4. The number of carbonyl (C=O) groups is 1. The Morgan fingerprint density at radius 2 is 1.93 bits per heavy atom. The predicted octanol–water partition coefficient (Wildman–Crippen LogP) is 4.57. The molecule has 228 valence electrons. The maximum absolute atomic E-state index is 13.7. The molecule has 3 aromatic heterocycles. The van der Waals surface area contributed by atoms with Gasteiger partial charge in [0.15, 0.2) is 5.65 Å². The highest BCUT2D eigenvalue weighted by molar-refractivity contribution is 7.92. The minimum Gasteiger partial charge on any atom is -0.358 e. The average Bonchev–Trinajstić information content (AvgIpc) is 3.23. The zero-order chi connectivity index (χ0) is 30.7. The topological polar surface area (TPSA) is 136 Å². The van der Waals surface area contributed by atoms with Gasteiger partial charge >= 0.3 is 0 Å². The van der Waals surface area contributed by atoms with E-state index >= 15 is 0 Å². The Kier molecular flexibility index (Phi) is 7.12. The summed E-state index contributed by atoms with van der Waals surface area (Å²) in [6, 6.07) is 6.81. The number of nitrogens with one attached hydrogen (secondary N) is 2. The van der Waals surface area contributed by atoms with Crippen LogP contribution in [0.5, 0.6) is 0 Å². The second-order valence-corrected chi connectivity index (χ2v) is 13.1. The van der Waals surface area contributed by atoms with E-state index in [0.717, 1.165) is 41.0 Å². The van der Waals surface area contributed by atoms with Crippen LogP contribution in [0.3, 0.4) is 0 Å². The van der Waals surface area contributed by atoms with Crippen molar-refractivity contribution in [2.45, 2.75) is 44.8 Å². The van der Waals surface area contributed by atoms with Crippen LogP contribution in [0.1, 0.15) is 37.7 Å². The number of aromatic nitrogens is 5. The number of amides is 1. The van der Waals surface area contributed by atoms with Crippen molar-refractivity contribution >= 4 is 50.0 Å². The van der Waals surface area contributed by atoms with Gasteiger partial charge in [0.2, 0.25) is 15.9 Å². The highest BCUT2D eigenvalue weighted by atomic mass is 32.2. The molecule has 2 unspecified atom stereocenters. The molecule has 0 radical (unpaired) electrons. The first-order chi connectivity index (χ1) is 20.3. The van der Waals surface area contributed by atoms with Crippen LogP contribution in [0, 0.1) is 12.8 Å². The number of ether oxygens (including phenoxy) is 1. The number of sulfonamides is 1. The SMILES string of the molecule is Cc1nc2c(Nc3ccc(-c4cnn(C)c4)cc3N(C)S(C)(=O)=O)cc(NC(=O)C3CC3(F)F)nc2n1C1CCCCO1. The molecule has 4 aromatic rings. The largest absolute Gasteiger partial charge is 0.358 e. The molecule has 2 N–H and O–H groups in total. The van der Waals surface area contributed by atoms with Crippen molar-refractivity contribution < 1.29 is 26.7 Å². The summed E-state index contributed by atoms with van der Waals surface area (Å²) in [6.07, 6.45) is 6.39. The third kappa shape index (κ3) is 5.66. The van der Waals surface area contributed by atoms with Crippen LogP contribution in [0.2, 0.25) is 0 Å².